The van der Waals surface area contributed by atoms with Crippen LogP contribution in [0.15, 0.2) is 60.7 Å². The molecule has 0 aliphatic carbocycles. The van der Waals surface area contributed by atoms with E-state index >= 15 is 0 Å². The zero-order valence-electron chi connectivity index (χ0n) is 14.1. The summed E-state index contributed by atoms with van der Waals surface area (Å²) in [7, 11) is 0. The Hall–Kier alpha value is -3.08. The van der Waals surface area contributed by atoms with E-state index in [9.17, 15) is 9.59 Å². The van der Waals surface area contributed by atoms with Gasteiger partial charge in [0.2, 0.25) is 0 Å². The third-order valence-electron chi connectivity index (χ3n) is 3.30. The summed E-state index contributed by atoms with van der Waals surface area (Å²) in [6.45, 7) is 2.51. The number of hydrogen-bond donors (Lipinski definition) is 1. The Bertz CT molecular complexity index is 725. The first-order valence-electron chi connectivity index (χ1n) is 8.06. The van der Waals surface area contributed by atoms with Gasteiger partial charge in [0.25, 0.3) is 5.91 Å². The first-order chi connectivity index (χ1) is 12.2. The number of carbonyl (C=O) groups is 2. The summed E-state index contributed by atoms with van der Waals surface area (Å²) in [4.78, 5) is 23.4. The lowest BCUT2D eigenvalue weighted by atomic mass is 10.2. The molecule has 0 aromatic heterocycles. The summed E-state index contributed by atoms with van der Waals surface area (Å²) in [5.74, 6) is -0.240. The Morgan fingerprint density at radius 2 is 1.76 bits per heavy atom. The molecule has 0 fully saturated rings. The van der Waals surface area contributed by atoms with Gasteiger partial charge in [-0.05, 0) is 24.6 Å². The van der Waals surface area contributed by atoms with E-state index in [0.717, 1.165) is 11.1 Å². The van der Waals surface area contributed by atoms with Crippen LogP contribution in [0.5, 0.6) is 5.75 Å². The standard InChI is InChI=1S/C20H21NO4/c1-2-24-18-11-7-6-10-17(18)12-13-20(23)25-15-19(22)21-14-16-8-4-3-5-9-16/h3-13H,2,14-15H2,1H3,(H,21,22)/b13-12+. The smallest absolute Gasteiger partial charge is 0.331 e. The van der Waals surface area contributed by atoms with Crippen molar-refractivity contribution in [2.45, 2.75) is 13.5 Å². The van der Waals surface area contributed by atoms with E-state index in [1.165, 1.54) is 6.08 Å². The van der Waals surface area contributed by atoms with Gasteiger partial charge >= 0.3 is 5.97 Å². The molecule has 25 heavy (non-hydrogen) atoms. The molecule has 0 saturated heterocycles. The zero-order chi connectivity index (χ0) is 17.9. The molecule has 2 aromatic carbocycles. The van der Waals surface area contributed by atoms with E-state index in [-0.39, 0.29) is 12.5 Å². The van der Waals surface area contributed by atoms with E-state index in [0.29, 0.717) is 18.9 Å². The van der Waals surface area contributed by atoms with Gasteiger partial charge in [-0.25, -0.2) is 4.79 Å². The van der Waals surface area contributed by atoms with Crippen LogP contribution in [0.2, 0.25) is 0 Å². The summed E-state index contributed by atoms with van der Waals surface area (Å²) >= 11 is 0. The van der Waals surface area contributed by atoms with Crippen molar-refractivity contribution >= 4 is 18.0 Å². The van der Waals surface area contributed by atoms with Crippen LogP contribution in [0, 0.1) is 0 Å². The first kappa shape index (κ1) is 18.3. The summed E-state index contributed by atoms with van der Waals surface area (Å²) in [5, 5.41) is 2.69. The molecule has 0 aliphatic rings. The minimum Gasteiger partial charge on any atom is -0.493 e. The Morgan fingerprint density at radius 1 is 1.04 bits per heavy atom. The van der Waals surface area contributed by atoms with E-state index in [2.05, 4.69) is 5.32 Å². The molecule has 2 aromatic rings. The molecule has 130 valence electrons. The predicted molar refractivity (Wildman–Crippen MR) is 95.9 cm³/mol. The number of para-hydroxylation sites is 1. The molecule has 0 unspecified atom stereocenters. The molecule has 1 amide bonds. The maximum Gasteiger partial charge on any atom is 0.331 e. The molecule has 0 saturated carbocycles. The van der Waals surface area contributed by atoms with Crippen LogP contribution in [0.1, 0.15) is 18.1 Å². The predicted octanol–water partition coefficient (Wildman–Crippen LogP) is 2.96. The van der Waals surface area contributed by atoms with Crippen molar-refractivity contribution in [3.63, 3.8) is 0 Å². The van der Waals surface area contributed by atoms with E-state index in [1.54, 1.807) is 6.08 Å². The fourth-order valence-corrected chi connectivity index (χ4v) is 2.10. The Labute approximate surface area is 147 Å². The van der Waals surface area contributed by atoms with E-state index in [1.807, 2.05) is 61.5 Å². The van der Waals surface area contributed by atoms with Gasteiger partial charge < -0.3 is 14.8 Å². The van der Waals surface area contributed by atoms with Crippen LogP contribution in [-0.4, -0.2) is 25.1 Å². The molecule has 0 radical (unpaired) electrons. The maximum atomic E-state index is 11.7. The minimum absolute atomic E-state index is 0.316. The highest BCUT2D eigenvalue weighted by atomic mass is 16.5. The molecule has 2 rings (SSSR count). The SMILES string of the molecule is CCOc1ccccc1/C=C/C(=O)OCC(=O)NCc1ccccc1. The van der Waals surface area contributed by atoms with Crippen molar-refractivity contribution in [3.8, 4) is 5.75 Å². The van der Waals surface area contributed by atoms with E-state index in [4.69, 9.17) is 9.47 Å². The van der Waals surface area contributed by atoms with Crippen LogP contribution in [0.3, 0.4) is 0 Å². The second kappa shape index (κ2) is 9.93. The molecule has 0 aliphatic heterocycles. The Kier molecular flexibility index (Phi) is 7.25. The van der Waals surface area contributed by atoms with Gasteiger partial charge in [-0.15, -0.1) is 0 Å². The lowest BCUT2D eigenvalue weighted by Gasteiger charge is -2.06. The number of esters is 1. The van der Waals surface area contributed by atoms with Crippen LogP contribution in [-0.2, 0) is 20.9 Å². The van der Waals surface area contributed by atoms with Crippen LogP contribution in [0.4, 0.5) is 0 Å². The van der Waals surface area contributed by atoms with Gasteiger partial charge in [-0.3, -0.25) is 4.79 Å². The topological polar surface area (TPSA) is 64.6 Å². The molecule has 0 atom stereocenters. The quantitative estimate of drug-likeness (QED) is 0.593. The average Bonchev–Trinajstić information content (AvgIpc) is 2.65. The number of amides is 1. The second-order valence-electron chi connectivity index (χ2n) is 5.17. The number of nitrogens with one attached hydrogen (secondary N) is 1. The monoisotopic (exact) mass is 339 g/mol. The highest BCUT2D eigenvalue weighted by Crippen LogP contribution is 2.19. The third kappa shape index (κ3) is 6.51. The summed E-state index contributed by atoms with van der Waals surface area (Å²) in [6, 6.07) is 16.9. The number of ether oxygens (including phenoxy) is 2. The molecule has 5 nitrogen and oxygen atoms in total. The van der Waals surface area contributed by atoms with Gasteiger partial charge in [0, 0.05) is 18.2 Å². The molecule has 0 heterocycles. The third-order valence-corrected chi connectivity index (χ3v) is 3.30. The van der Waals surface area contributed by atoms with Crippen LogP contribution < -0.4 is 10.1 Å². The van der Waals surface area contributed by atoms with Crippen LogP contribution in [0.25, 0.3) is 6.08 Å². The number of carbonyl (C=O) groups excluding carboxylic acids is 2. The molecule has 5 heteroatoms. The van der Waals surface area contributed by atoms with Crippen molar-refractivity contribution in [1.82, 2.24) is 5.32 Å². The van der Waals surface area contributed by atoms with Crippen molar-refractivity contribution < 1.29 is 19.1 Å². The molecule has 0 bridgehead atoms. The number of benzene rings is 2. The second-order valence-corrected chi connectivity index (χ2v) is 5.17. The molecular formula is C20H21NO4. The minimum atomic E-state index is -0.582. The normalized spacial score (nSPS) is 10.4. The van der Waals surface area contributed by atoms with Gasteiger partial charge in [0.05, 0.1) is 6.61 Å². The Morgan fingerprint density at radius 3 is 2.52 bits per heavy atom. The van der Waals surface area contributed by atoms with Crippen LogP contribution >= 0.6 is 0 Å². The highest BCUT2D eigenvalue weighted by molar-refractivity contribution is 5.89. The van der Waals surface area contributed by atoms with Gasteiger partial charge in [0.15, 0.2) is 6.61 Å². The fraction of sp³-hybridized carbons (Fsp3) is 0.200. The average molecular weight is 339 g/mol. The largest absolute Gasteiger partial charge is 0.493 e. The van der Waals surface area contributed by atoms with Gasteiger partial charge in [0.1, 0.15) is 5.75 Å². The van der Waals surface area contributed by atoms with Gasteiger partial charge in [-0.2, -0.15) is 0 Å². The lowest BCUT2D eigenvalue weighted by molar-refractivity contribution is -0.143. The number of rotatable bonds is 8. The first-order valence-corrected chi connectivity index (χ1v) is 8.06. The van der Waals surface area contributed by atoms with Crippen molar-refractivity contribution in [2.24, 2.45) is 0 Å². The lowest BCUT2D eigenvalue weighted by Crippen LogP contribution is -2.28. The van der Waals surface area contributed by atoms with Crippen molar-refractivity contribution in [3.05, 3.63) is 71.8 Å². The summed E-state index contributed by atoms with van der Waals surface area (Å²) < 4.78 is 10.4. The highest BCUT2D eigenvalue weighted by Gasteiger charge is 2.05. The summed E-state index contributed by atoms with van der Waals surface area (Å²) in [5.41, 5.74) is 1.75. The van der Waals surface area contributed by atoms with E-state index < -0.39 is 5.97 Å². The van der Waals surface area contributed by atoms with Crippen molar-refractivity contribution in [1.29, 1.82) is 0 Å². The Balaban J connectivity index is 1.77. The van der Waals surface area contributed by atoms with Crippen molar-refractivity contribution in [2.75, 3.05) is 13.2 Å². The molecule has 0 spiro atoms. The number of hydrogen-bond acceptors (Lipinski definition) is 4. The molecule has 1 N–H and O–H groups in total. The molecular weight excluding hydrogens is 318 g/mol. The van der Waals surface area contributed by atoms with Gasteiger partial charge in [-0.1, -0.05) is 48.5 Å². The fourth-order valence-electron chi connectivity index (χ4n) is 2.10. The summed E-state index contributed by atoms with van der Waals surface area (Å²) in [6.07, 6.45) is 2.89. The zero-order valence-corrected chi connectivity index (χ0v) is 14.1. The maximum absolute atomic E-state index is 11.7.